The van der Waals surface area contributed by atoms with E-state index in [-0.39, 0.29) is 5.82 Å². The van der Waals surface area contributed by atoms with Gasteiger partial charge in [-0.3, -0.25) is 0 Å². The van der Waals surface area contributed by atoms with E-state index >= 15 is 0 Å². The molecule has 6 heteroatoms. The van der Waals surface area contributed by atoms with Crippen LogP contribution in [0.5, 0.6) is 0 Å². The summed E-state index contributed by atoms with van der Waals surface area (Å²) in [6.07, 6.45) is 0.883. The molecule has 0 bridgehead atoms. The summed E-state index contributed by atoms with van der Waals surface area (Å²) in [5.74, 6) is -0.201. The van der Waals surface area contributed by atoms with E-state index in [1.165, 1.54) is 6.07 Å². The fraction of sp³-hybridized carbons (Fsp3) is 0.231. The summed E-state index contributed by atoms with van der Waals surface area (Å²) in [4.78, 5) is 1.05. The van der Waals surface area contributed by atoms with Gasteiger partial charge in [-0.1, -0.05) is 17.4 Å². The number of likely N-dealkylation sites (N-methyl/N-ethyl adjacent to an activating group) is 1. The third-order valence-corrected chi connectivity index (χ3v) is 5.00. The van der Waals surface area contributed by atoms with Crippen LogP contribution in [0.25, 0.3) is 20.0 Å². The third kappa shape index (κ3) is 2.65. The fourth-order valence-electron chi connectivity index (χ4n) is 1.80. The van der Waals surface area contributed by atoms with Crippen molar-refractivity contribution in [2.75, 3.05) is 13.6 Å². The van der Waals surface area contributed by atoms with Crippen molar-refractivity contribution < 1.29 is 4.39 Å². The first-order chi connectivity index (χ1) is 9.26. The monoisotopic (exact) mass is 293 g/mol. The van der Waals surface area contributed by atoms with E-state index in [4.69, 9.17) is 0 Å². The number of rotatable bonds is 4. The normalized spacial score (nSPS) is 11.3. The minimum atomic E-state index is -0.201. The quantitative estimate of drug-likeness (QED) is 0.802. The van der Waals surface area contributed by atoms with Gasteiger partial charge in [-0.15, -0.1) is 21.5 Å². The van der Waals surface area contributed by atoms with E-state index in [1.54, 1.807) is 34.8 Å². The Balaban J connectivity index is 1.92. The van der Waals surface area contributed by atoms with Gasteiger partial charge in [-0.2, -0.15) is 0 Å². The lowest BCUT2D eigenvalue weighted by Gasteiger charge is -1.91. The minimum Gasteiger partial charge on any atom is -0.319 e. The summed E-state index contributed by atoms with van der Waals surface area (Å²) in [7, 11) is 1.92. The number of nitrogens with one attached hydrogen (secondary N) is 1. The number of nitrogens with zero attached hydrogens (tertiary/aromatic N) is 2. The second-order valence-corrected chi connectivity index (χ2v) is 6.29. The van der Waals surface area contributed by atoms with Crippen LogP contribution in [0.15, 0.2) is 24.3 Å². The Hall–Kier alpha value is -1.37. The Labute approximate surface area is 118 Å². The van der Waals surface area contributed by atoms with E-state index < -0.39 is 0 Å². The van der Waals surface area contributed by atoms with E-state index in [1.807, 2.05) is 13.1 Å². The Bertz CT molecular complexity index is 705. The molecule has 0 aliphatic heterocycles. The smallest absolute Gasteiger partial charge is 0.157 e. The first-order valence-corrected chi connectivity index (χ1v) is 7.56. The highest BCUT2D eigenvalue weighted by Gasteiger charge is 2.10. The van der Waals surface area contributed by atoms with Gasteiger partial charge < -0.3 is 5.32 Å². The lowest BCUT2D eigenvalue weighted by Crippen LogP contribution is -2.09. The molecule has 0 fully saturated rings. The van der Waals surface area contributed by atoms with Crippen molar-refractivity contribution in [2.24, 2.45) is 0 Å². The maximum Gasteiger partial charge on any atom is 0.157 e. The second-order valence-electron chi connectivity index (χ2n) is 4.15. The summed E-state index contributed by atoms with van der Waals surface area (Å²) in [5.41, 5.74) is 0. The van der Waals surface area contributed by atoms with Crippen LogP contribution in [0, 0.1) is 5.82 Å². The van der Waals surface area contributed by atoms with Gasteiger partial charge in [0.1, 0.15) is 10.8 Å². The van der Waals surface area contributed by atoms with Gasteiger partial charge in [-0.05, 0) is 30.6 Å². The zero-order valence-corrected chi connectivity index (χ0v) is 11.9. The highest BCUT2D eigenvalue weighted by atomic mass is 32.1. The second kappa shape index (κ2) is 5.32. The average molecular weight is 293 g/mol. The van der Waals surface area contributed by atoms with Crippen molar-refractivity contribution in [1.82, 2.24) is 15.5 Å². The molecule has 0 aliphatic carbocycles. The number of halogens is 1. The van der Waals surface area contributed by atoms with Crippen LogP contribution in [-0.2, 0) is 6.42 Å². The number of fused-ring (bicyclic) bond motifs is 1. The molecule has 98 valence electrons. The van der Waals surface area contributed by atoms with Crippen LogP contribution in [0.3, 0.4) is 0 Å². The van der Waals surface area contributed by atoms with Gasteiger partial charge in [0.25, 0.3) is 0 Å². The molecule has 0 amide bonds. The predicted molar refractivity (Wildman–Crippen MR) is 78.3 cm³/mol. The van der Waals surface area contributed by atoms with Crippen molar-refractivity contribution in [3.8, 4) is 9.88 Å². The van der Waals surface area contributed by atoms with Crippen LogP contribution in [0.4, 0.5) is 4.39 Å². The molecule has 0 saturated heterocycles. The molecular formula is C13H12FN3S2. The molecule has 0 saturated carbocycles. The van der Waals surface area contributed by atoms with Crippen LogP contribution in [-0.4, -0.2) is 23.8 Å². The minimum absolute atomic E-state index is 0.201. The van der Waals surface area contributed by atoms with Gasteiger partial charge in [0.15, 0.2) is 5.01 Å². The predicted octanol–water partition coefficient (Wildman–Crippen LogP) is 3.32. The molecule has 0 unspecified atom stereocenters. The van der Waals surface area contributed by atoms with Crippen molar-refractivity contribution in [1.29, 1.82) is 0 Å². The van der Waals surface area contributed by atoms with E-state index in [9.17, 15) is 4.39 Å². The van der Waals surface area contributed by atoms with Crippen molar-refractivity contribution in [2.45, 2.75) is 6.42 Å². The topological polar surface area (TPSA) is 37.8 Å². The number of hydrogen-bond acceptors (Lipinski definition) is 5. The lowest BCUT2D eigenvalue weighted by atomic mass is 10.2. The molecule has 1 aromatic carbocycles. The molecule has 3 aromatic rings. The standard InChI is InChI=1S/C13H12FN3S2/c1-15-5-4-12-16-17-13(19-12)11-6-8-2-3-9(14)7-10(8)18-11/h2-3,6-7,15H,4-5H2,1H3. The van der Waals surface area contributed by atoms with E-state index in [0.29, 0.717) is 0 Å². The summed E-state index contributed by atoms with van der Waals surface area (Å²) in [5, 5.41) is 14.5. The number of thiophene rings is 1. The average Bonchev–Trinajstić information content (AvgIpc) is 3.01. The molecule has 0 spiro atoms. The Morgan fingerprint density at radius 3 is 2.95 bits per heavy atom. The molecule has 0 radical (unpaired) electrons. The zero-order valence-electron chi connectivity index (χ0n) is 10.3. The summed E-state index contributed by atoms with van der Waals surface area (Å²) in [6.45, 7) is 0.895. The summed E-state index contributed by atoms with van der Waals surface area (Å²) < 4.78 is 14.1. The van der Waals surface area contributed by atoms with Gasteiger partial charge in [0, 0.05) is 17.7 Å². The van der Waals surface area contributed by atoms with E-state index in [0.717, 1.165) is 37.9 Å². The van der Waals surface area contributed by atoms with Crippen molar-refractivity contribution in [3.05, 3.63) is 35.1 Å². The van der Waals surface area contributed by atoms with Gasteiger partial charge in [0.2, 0.25) is 0 Å². The zero-order chi connectivity index (χ0) is 13.2. The Morgan fingerprint density at radius 1 is 1.21 bits per heavy atom. The maximum absolute atomic E-state index is 13.2. The molecule has 19 heavy (non-hydrogen) atoms. The molecule has 2 heterocycles. The van der Waals surface area contributed by atoms with Crippen molar-refractivity contribution >= 4 is 32.8 Å². The molecule has 0 atom stereocenters. The Morgan fingerprint density at radius 2 is 2.11 bits per heavy atom. The van der Waals surface area contributed by atoms with Crippen LogP contribution < -0.4 is 5.32 Å². The number of benzene rings is 1. The van der Waals surface area contributed by atoms with Gasteiger partial charge in [-0.25, -0.2) is 4.39 Å². The maximum atomic E-state index is 13.2. The third-order valence-electron chi connectivity index (χ3n) is 2.75. The molecule has 0 aliphatic rings. The fourth-order valence-corrected chi connectivity index (χ4v) is 3.76. The Kier molecular flexibility index (Phi) is 3.54. The number of aromatic nitrogens is 2. The van der Waals surface area contributed by atoms with E-state index in [2.05, 4.69) is 15.5 Å². The van der Waals surface area contributed by atoms with Crippen molar-refractivity contribution in [3.63, 3.8) is 0 Å². The molecule has 2 aromatic heterocycles. The summed E-state index contributed by atoms with van der Waals surface area (Å²) in [6, 6.07) is 6.89. The SMILES string of the molecule is CNCCc1nnc(-c2cc3ccc(F)cc3s2)s1. The molecular weight excluding hydrogens is 281 g/mol. The van der Waals surface area contributed by atoms with Gasteiger partial charge in [0.05, 0.1) is 4.88 Å². The molecule has 3 nitrogen and oxygen atoms in total. The van der Waals surface area contributed by atoms with Gasteiger partial charge >= 0.3 is 0 Å². The van der Waals surface area contributed by atoms with Crippen LogP contribution >= 0.6 is 22.7 Å². The largest absolute Gasteiger partial charge is 0.319 e. The molecule has 1 N–H and O–H groups in total. The summed E-state index contributed by atoms with van der Waals surface area (Å²) >= 11 is 3.15. The van der Waals surface area contributed by atoms with Crippen LogP contribution in [0.2, 0.25) is 0 Å². The molecule has 3 rings (SSSR count). The number of hydrogen-bond donors (Lipinski definition) is 1. The highest BCUT2D eigenvalue weighted by molar-refractivity contribution is 7.25. The first kappa shape index (κ1) is 12.7. The first-order valence-electron chi connectivity index (χ1n) is 5.93. The lowest BCUT2D eigenvalue weighted by molar-refractivity contribution is 0.630. The highest BCUT2D eigenvalue weighted by Crippen LogP contribution is 2.35. The van der Waals surface area contributed by atoms with Crippen LogP contribution in [0.1, 0.15) is 5.01 Å².